The number of anilines is 2. The Labute approximate surface area is 149 Å². The van der Waals surface area contributed by atoms with E-state index in [0.29, 0.717) is 24.7 Å². The van der Waals surface area contributed by atoms with Crippen LogP contribution in [0.3, 0.4) is 0 Å². The topological polar surface area (TPSA) is 59.6 Å². The standard InChI is InChI=1S/C20H26N2O3/c1-4-16-8-5-7-15(2)20(16)21-14-19(23)22-17-9-6-10-18(13-17)25-12-11-24-3/h5-10,13,21H,4,11-12,14H2,1-3H3,(H,22,23). The molecule has 0 aliphatic heterocycles. The summed E-state index contributed by atoms with van der Waals surface area (Å²) in [7, 11) is 1.63. The number of carbonyl (C=O) groups is 1. The first-order chi connectivity index (χ1) is 12.1. The molecule has 0 spiro atoms. The fourth-order valence-corrected chi connectivity index (χ4v) is 2.56. The Kier molecular flexibility index (Phi) is 7.29. The van der Waals surface area contributed by atoms with Gasteiger partial charge in [0, 0.05) is 24.6 Å². The smallest absolute Gasteiger partial charge is 0.243 e. The maximum atomic E-state index is 12.2. The molecule has 0 unspecified atom stereocenters. The number of aryl methyl sites for hydroxylation is 2. The Hall–Kier alpha value is -2.53. The van der Waals surface area contributed by atoms with Crippen LogP contribution in [0.15, 0.2) is 42.5 Å². The molecule has 134 valence electrons. The Balaban J connectivity index is 1.91. The van der Waals surface area contributed by atoms with Gasteiger partial charge in [-0.2, -0.15) is 0 Å². The summed E-state index contributed by atoms with van der Waals surface area (Å²) < 4.78 is 10.5. The molecule has 0 bridgehead atoms. The van der Waals surface area contributed by atoms with Crippen LogP contribution in [0.1, 0.15) is 18.1 Å². The van der Waals surface area contributed by atoms with Gasteiger partial charge in [0.15, 0.2) is 0 Å². The van der Waals surface area contributed by atoms with Crippen molar-refractivity contribution in [2.45, 2.75) is 20.3 Å². The molecule has 1 amide bonds. The highest BCUT2D eigenvalue weighted by Crippen LogP contribution is 2.21. The van der Waals surface area contributed by atoms with Crippen molar-refractivity contribution in [1.82, 2.24) is 0 Å². The molecule has 2 rings (SSSR count). The molecule has 0 fully saturated rings. The molecule has 0 aromatic heterocycles. The van der Waals surface area contributed by atoms with E-state index in [4.69, 9.17) is 9.47 Å². The van der Waals surface area contributed by atoms with Gasteiger partial charge in [-0.3, -0.25) is 4.79 Å². The zero-order valence-corrected chi connectivity index (χ0v) is 15.1. The molecule has 2 aromatic carbocycles. The maximum Gasteiger partial charge on any atom is 0.243 e. The van der Waals surface area contributed by atoms with E-state index in [0.717, 1.165) is 17.7 Å². The van der Waals surface area contributed by atoms with Crippen LogP contribution in [0.5, 0.6) is 5.75 Å². The van der Waals surface area contributed by atoms with Gasteiger partial charge >= 0.3 is 0 Å². The van der Waals surface area contributed by atoms with Gasteiger partial charge in [0.1, 0.15) is 12.4 Å². The van der Waals surface area contributed by atoms with Crippen LogP contribution >= 0.6 is 0 Å². The van der Waals surface area contributed by atoms with Gasteiger partial charge in [-0.15, -0.1) is 0 Å². The number of ether oxygens (including phenoxy) is 2. The molecule has 0 atom stereocenters. The van der Waals surface area contributed by atoms with E-state index < -0.39 is 0 Å². The Morgan fingerprint density at radius 3 is 2.68 bits per heavy atom. The minimum atomic E-state index is -0.0978. The minimum Gasteiger partial charge on any atom is -0.491 e. The largest absolute Gasteiger partial charge is 0.491 e. The maximum absolute atomic E-state index is 12.2. The Morgan fingerprint density at radius 2 is 1.92 bits per heavy atom. The van der Waals surface area contributed by atoms with Gasteiger partial charge in [0.2, 0.25) is 5.91 Å². The van der Waals surface area contributed by atoms with E-state index >= 15 is 0 Å². The zero-order valence-electron chi connectivity index (χ0n) is 15.1. The third-order valence-electron chi connectivity index (χ3n) is 3.84. The van der Waals surface area contributed by atoms with Gasteiger partial charge in [-0.1, -0.05) is 31.2 Å². The quantitative estimate of drug-likeness (QED) is 0.683. The molecule has 5 nitrogen and oxygen atoms in total. The summed E-state index contributed by atoms with van der Waals surface area (Å²) in [6.45, 7) is 5.36. The van der Waals surface area contributed by atoms with E-state index in [-0.39, 0.29) is 12.5 Å². The number of nitrogens with one attached hydrogen (secondary N) is 2. The fourth-order valence-electron chi connectivity index (χ4n) is 2.56. The van der Waals surface area contributed by atoms with Crippen molar-refractivity contribution < 1.29 is 14.3 Å². The van der Waals surface area contributed by atoms with Crippen molar-refractivity contribution in [3.8, 4) is 5.75 Å². The normalized spacial score (nSPS) is 10.4. The average Bonchev–Trinajstić information content (AvgIpc) is 2.61. The number of benzene rings is 2. The fraction of sp³-hybridized carbons (Fsp3) is 0.350. The number of amides is 1. The lowest BCUT2D eigenvalue weighted by Gasteiger charge is -2.14. The summed E-state index contributed by atoms with van der Waals surface area (Å²) in [6, 6.07) is 13.5. The predicted octanol–water partition coefficient (Wildman–Crippen LogP) is 3.63. The number of rotatable bonds is 9. The lowest BCUT2D eigenvalue weighted by molar-refractivity contribution is -0.114. The Morgan fingerprint density at radius 1 is 1.12 bits per heavy atom. The molecule has 5 heteroatoms. The van der Waals surface area contributed by atoms with Crippen LogP contribution in [-0.4, -0.2) is 32.8 Å². The molecule has 0 aliphatic carbocycles. The molecule has 25 heavy (non-hydrogen) atoms. The second-order valence-electron chi connectivity index (χ2n) is 5.73. The molecule has 0 aliphatic rings. The third kappa shape index (κ3) is 5.80. The average molecular weight is 342 g/mol. The highest BCUT2D eigenvalue weighted by molar-refractivity contribution is 5.94. The van der Waals surface area contributed by atoms with Crippen molar-refractivity contribution in [1.29, 1.82) is 0 Å². The summed E-state index contributed by atoms with van der Waals surface area (Å²) in [4.78, 5) is 12.2. The van der Waals surface area contributed by atoms with E-state index in [2.05, 4.69) is 23.6 Å². The SMILES string of the molecule is CCc1cccc(C)c1NCC(=O)Nc1cccc(OCCOC)c1. The highest BCUT2D eigenvalue weighted by atomic mass is 16.5. The van der Waals surface area contributed by atoms with E-state index in [1.807, 2.05) is 37.3 Å². The number of carbonyl (C=O) groups excluding carboxylic acids is 1. The number of hydrogen-bond acceptors (Lipinski definition) is 4. The lowest BCUT2D eigenvalue weighted by atomic mass is 10.1. The van der Waals surface area contributed by atoms with Crippen LogP contribution < -0.4 is 15.4 Å². The van der Waals surface area contributed by atoms with Gasteiger partial charge in [0.05, 0.1) is 13.2 Å². The number of para-hydroxylation sites is 1. The number of hydrogen-bond donors (Lipinski definition) is 2. The van der Waals surface area contributed by atoms with Crippen LogP contribution in [-0.2, 0) is 16.0 Å². The van der Waals surface area contributed by atoms with Gasteiger partial charge in [-0.25, -0.2) is 0 Å². The first-order valence-corrected chi connectivity index (χ1v) is 8.48. The van der Waals surface area contributed by atoms with E-state index in [9.17, 15) is 4.79 Å². The van der Waals surface area contributed by atoms with Crippen molar-refractivity contribution >= 4 is 17.3 Å². The summed E-state index contributed by atoms with van der Waals surface area (Å²) in [6.07, 6.45) is 0.923. The van der Waals surface area contributed by atoms with Gasteiger partial charge in [0.25, 0.3) is 0 Å². The molecule has 0 heterocycles. The molecule has 0 saturated carbocycles. The van der Waals surface area contributed by atoms with Crippen molar-refractivity contribution in [3.05, 3.63) is 53.6 Å². The highest BCUT2D eigenvalue weighted by Gasteiger charge is 2.07. The van der Waals surface area contributed by atoms with Crippen molar-refractivity contribution in [3.63, 3.8) is 0 Å². The van der Waals surface area contributed by atoms with E-state index in [1.165, 1.54) is 5.56 Å². The molecule has 0 saturated heterocycles. The molecule has 2 aromatic rings. The summed E-state index contributed by atoms with van der Waals surface area (Å²) >= 11 is 0. The predicted molar refractivity (Wildman–Crippen MR) is 101 cm³/mol. The first kappa shape index (κ1) is 18.8. The zero-order chi connectivity index (χ0) is 18.1. The molecular formula is C20H26N2O3. The van der Waals surface area contributed by atoms with Crippen molar-refractivity contribution in [2.24, 2.45) is 0 Å². The minimum absolute atomic E-state index is 0.0978. The third-order valence-corrected chi connectivity index (χ3v) is 3.84. The monoisotopic (exact) mass is 342 g/mol. The van der Waals surface area contributed by atoms with Crippen LogP contribution in [0.4, 0.5) is 11.4 Å². The van der Waals surface area contributed by atoms with Crippen LogP contribution in [0.25, 0.3) is 0 Å². The Bertz CT molecular complexity index is 701. The first-order valence-electron chi connectivity index (χ1n) is 8.48. The van der Waals surface area contributed by atoms with Crippen molar-refractivity contribution in [2.75, 3.05) is 37.5 Å². The van der Waals surface area contributed by atoms with Crippen LogP contribution in [0.2, 0.25) is 0 Å². The lowest BCUT2D eigenvalue weighted by Crippen LogP contribution is -2.22. The second kappa shape index (κ2) is 9.69. The molecule has 0 radical (unpaired) electrons. The summed E-state index contributed by atoms with van der Waals surface area (Å²) in [5.74, 6) is 0.606. The number of methoxy groups -OCH3 is 1. The molecular weight excluding hydrogens is 316 g/mol. The summed E-state index contributed by atoms with van der Waals surface area (Å²) in [5.41, 5.74) is 4.10. The van der Waals surface area contributed by atoms with Crippen LogP contribution in [0, 0.1) is 6.92 Å². The van der Waals surface area contributed by atoms with Gasteiger partial charge in [-0.05, 0) is 36.6 Å². The molecule has 2 N–H and O–H groups in total. The van der Waals surface area contributed by atoms with Gasteiger partial charge < -0.3 is 20.1 Å². The summed E-state index contributed by atoms with van der Waals surface area (Å²) in [5, 5.41) is 6.14. The second-order valence-corrected chi connectivity index (χ2v) is 5.73. The van der Waals surface area contributed by atoms with E-state index in [1.54, 1.807) is 13.2 Å².